The number of rotatable bonds is 5. The van der Waals surface area contributed by atoms with E-state index in [9.17, 15) is 5.11 Å². The number of benzene rings is 1. The summed E-state index contributed by atoms with van der Waals surface area (Å²) in [4.78, 5) is 0. The highest BCUT2D eigenvalue weighted by atomic mass is 16.5. The lowest BCUT2D eigenvalue weighted by Gasteiger charge is -2.17. The van der Waals surface area contributed by atoms with Crippen LogP contribution in [0.3, 0.4) is 0 Å². The smallest absolute Gasteiger partial charge is 0.134 e. The molecule has 0 bridgehead atoms. The largest absolute Gasteiger partial charge is 0.506 e. The summed E-state index contributed by atoms with van der Waals surface area (Å²) in [5.41, 5.74) is 2.59. The number of phenolic OH excluding ortho intramolecular Hbond substituents is 1. The fourth-order valence-electron chi connectivity index (χ4n) is 2.10. The van der Waals surface area contributed by atoms with Crippen molar-refractivity contribution in [1.82, 2.24) is 0 Å². The maximum absolute atomic E-state index is 9.92. The molecule has 1 rings (SSSR count). The van der Waals surface area contributed by atoms with E-state index in [1.165, 1.54) is 0 Å². The molecule has 0 saturated carbocycles. The molecular formula is C16H22O2. The fraction of sp³-hybridized carbons (Fsp3) is 0.500. The van der Waals surface area contributed by atoms with Gasteiger partial charge in [-0.1, -0.05) is 18.9 Å². The van der Waals surface area contributed by atoms with Crippen LogP contribution in [0, 0.1) is 12.3 Å². The topological polar surface area (TPSA) is 29.5 Å². The first-order chi connectivity index (χ1) is 8.47. The molecule has 0 aromatic heterocycles. The van der Waals surface area contributed by atoms with Gasteiger partial charge in [-0.25, -0.2) is 0 Å². The second-order valence-corrected chi connectivity index (χ2v) is 4.85. The van der Waals surface area contributed by atoms with Gasteiger partial charge in [0.15, 0.2) is 0 Å². The van der Waals surface area contributed by atoms with Crippen molar-refractivity contribution in [1.29, 1.82) is 0 Å². The van der Waals surface area contributed by atoms with Crippen LogP contribution >= 0.6 is 0 Å². The molecule has 18 heavy (non-hydrogen) atoms. The van der Waals surface area contributed by atoms with E-state index in [2.05, 4.69) is 5.92 Å². The SMILES string of the molecule is C#Cc1cc(CC(C)OC(C)C)cc(CC)c1O. The Labute approximate surface area is 110 Å². The Hall–Kier alpha value is -1.46. The Morgan fingerprint density at radius 2 is 2.00 bits per heavy atom. The van der Waals surface area contributed by atoms with Gasteiger partial charge in [0.05, 0.1) is 17.8 Å². The molecule has 2 heteroatoms. The minimum absolute atomic E-state index is 0.143. The Bertz CT molecular complexity index is 441. The second-order valence-electron chi connectivity index (χ2n) is 4.85. The van der Waals surface area contributed by atoms with Crippen LogP contribution < -0.4 is 0 Å². The number of hydrogen-bond donors (Lipinski definition) is 1. The van der Waals surface area contributed by atoms with E-state index in [-0.39, 0.29) is 18.0 Å². The van der Waals surface area contributed by atoms with Gasteiger partial charge in [-0.15, -0.1) is 6.42 Å². The molecule has 1 atom stereocenters. The van der Waals surface area contributed by atoms with Gasteiger partial charge in [-0.2, -0.15) is 0 Å². The van der Waals surface area contributed by atoms with Gasteiger partial charge < -0.3 is 9.84 Å². The summed E-state index contributed by atoms with van der Waals surface area (Å²) in [5, 5.41) is 9.92. The number of ether oxygens (including phenoxy) is 1. The molecule has 1 aromatic rings. The molecule has 98 valence electrons. The van der Waals surface area contributed by atoms with Crippen molar-refractivity contribution >= 4 is 0 Å². The van der Waals surface area contributed by atoms with Gasteiger partial charge in [0.25, 0.3) is 0 Å². The van der Waals surface area contributed by atoms with Crippen LogP contribution in [0.25, 0.3) is 0 Å². The minimum atomic E-state index is 0.143. The predicted molar refractivity (Wildman–Crippen MR) is 74.8 cm³/mol. The molecule has 0 fully saturated rings. The number of hydrogen-bond acceptors (Lipinski definition) is 2. The molecule has 0 heterocycles. The van der Waals surface area contributed by atoms with Gasteiger partial charge in [0.2, 0.25) is 0 Å². The van der Waals surface area contributed by atoms with Crippen molar-refractivity contribution in [3.05, 3.63) is 28.8 Å². The molecule has 0 amide bonds. The average molecular weight is 246 g/mol. The van der Waals surface area contributed by atoms with E-state index in [1.807, 2.05) is 39.8 Å². The lowest BCUT2D eigenvalue weighted by molar-refractivity contribution is 0.0195. The van der Waals surface area contributed by atoms with Crippen LogP contribution in [0.2, 0.25) is 0 Å². The Balaban J connectivity index is 2.93. The number of phenols is 1. The van der Waals surface area contributed by atoms with Gasteiger partial charge >= 0.3 is 0 Å². The van der Waals surface area contributed by atoms with E-state index < -0.39 is 0 Å². The van der Waals surface area contributed by atoms with Gasteiger partial charge in [0.1, 0.15) is 5.75 Å². The van der Waals surface area contributed by atoms with Crippen LogP contribution in [-0.2, 0) is 17.6 Å². The summed E-state index contributed by atoms with van der Waals surface area (Å²) in [7, 11) is 0. The van der Waals surface area contributed by atoms with Gasteiger partial charge in [-0.05, 0) is 50.8 Å². The molecule has 0 spiro atoms. The average Bonchev–Trinajstić information content (AvgIpc) is 2.29. The zero-order chi connectivity index (χ0) is 13.7. The highest BCUT2D eigenvalue weighted by Gasteiger charge is 2.11. The fourth-order valence-corrected chi connectivity index (χ4v) is 2.10. The highest BCUT2D eigenvalue weighted by Crippen LogP contribution is 2.25. The molecule has 0 aliphatic rings. The van der Waals surface area contributed by atoms with Crippen molar-refractivity contribution in [3.8, 4) is 18.1 Å². The molecule has 0 saturated heterocycles. The first-order valence-corrected chi connectivity index (χ1v) is 6.44. The van der Waals surface area contributed by atoms with Gasteiger partial charge in [-0.3, -0.25) is 0 Å². The van der Waals surface area contributed by atoms with E-state index >= 15 is 0 Å². The summed E-state index contributed by atoms with van der Waals surface area (Å²) in [6.07, 6.45) is 7.35. The first kappa shape index (κ1) is 14.6. The van der Waals surface area contributed by atoms with Crippen LogP contribution in [-0.4, -0.2) is 17.3 Å². The van der Waals surface area contributed by atoms with Gasteiger partial charge in [0, 0.05) is 0 Å². The van der Waals surface area contributed by atoms with E-state index in [0.29, 0.717) is 5.56 Å². The van der Waals surface area contributed by atoms with Crippen LogP contribution in [0.4, 0.5) is 0 Å². The summed E-state index contributed by atoms with van der Waals surface area (Å²) < 4.78 is 5.72. The van der Waals surface area contributed by atoms with E-state index in [0.717, 1.165) is 24.0 Å². The third-order valence-electron chi connectivity index (χ3n) is 2.81. The van der Waals surface area contributed by atoms with Crippen molar-refractivity contribution in [2.75, 3.05) is 0 Å². The summed E-state index contributed by atoms with van der Waals surface area (Å²) in [5.74, 6) is 2.77. The molecule has 1 N–H and O–H groups in total. The van der Waals surface area contributed by atoms with Crippen molar-refractivity contribution in [3.63, 3.8) is 0 Å². The molecule has 0 radical (unpaired) electrons. The summed E-state index contributed by atoms with van der Waals surface area (Å²) in [6.45, 7) is 8.11. The zero-order valence-electron chi connectivity index (χ0n) is 11.7. The molecule has 2 nitrogen and oxygen atoms in total. The Morgan fingerprint density at radius 3 is 2.50 bits per heavy atom. The molecule has 0 aliphatic heterocycles. The molecular weight excluding hydrogens is 224 g/mol. The quantitative estimate of drug-likeness (QED) is 0.808. The monoisotopic (exact) mass is 246 g/mol. The van der Waals surface area contributed by atoms with Crippen LogP contribution in [0.1, 0.15) is 44.4 Å². The van der Waals surface area contributed by atoms with Crippen molar-refractivity contribution < 1.29 is 9.84 Å². The minimum Gasteiger partial charge on any atom is -0.506 e. The second kappa shape index (κ2) is 6.47. The third kappa shape index (κ3) is 3.78. The Kier molecular flexibility index (Phi) is 5.25. The number of terminal acetylenes is 1. The lowest BCUT2D eigenvalue weighted by Crippen LogP contribution is -2.16. The molecule has 1 unspecified atom stereocenters. The Morgan fingerprint density at radius 1 is 1.33 bits per heavy atom. The normalized spacial score (nSPS) is 12.4. The van der Waals surface area contributed by atoms with Crippen LogP contribution in [0.5, 0.6) is 5.75 Å². The number of aromatic hydroxyl groups is 1. The standard InChI is InChI=1S/C16H22O2/c1-6-14-9-13(8-12(5)18-11(3)4)10-15(7-2)16(14)17/h1,9-12,17H,7-8H2,2-5H3. The van der Waals surface area contributed by atoms with Crippen molar-refractivity contribution in [2.45, 2.75) is 52.7 Å². The maximum Gasteiger partial charge on any atom is 0.134 e. The molecule has 1 aromatic carbocycles. The maximum atomic E-state index is 9.92. The summed E-state index contributed by atoms with van der Waals surface area (Å²) >= 11 is 0. The lowest BCUT2D eigenvalue weighted by atomic mass is 9.99. The highest BCUT2D eigenvalue weighted by molar-refractivity contribution is 5.51. The predicted octanol–water partition coefficient (Wildman–Crippen LogP) is 3.29. The number of aryl methyl sites for hydroxylation is 1. The van der Waals surface area contributed by atoms with Crippen molar-refractivity contribution in [2.24, 2.45) is 0 Å². The molecule has 0 aliphatic carbocycles. The van der Waals surface area contributed by atoms with E-state index in [1.54, 1.807) is 0 Å². The first-order valence-electron chi connectivity index (χ1n) is 6.44. The third-order valence-corrected chi connectivity index (χ3v) is 2.81. The van der Waals surface area contributed by atoms with E-state index in [4.69, 9.17) is 11.2 Å². The summed E-state index contributed by atoms with van der Waals surface area (Å²) in [6, 6.07) is 3.88. The van der Waals surface area contributed by atoms with Crippen LogP contribution in [0.15, 0.2) is 12.1 Å². The zero-order valence-corrected chi connectivity index (χ0v) is 11.7.